The molecule has 2 atom stereocenters. The average molecular weight is 398 g/mol. The number of esters is 2. The quantitative estimate of drug-likeness (QED) is 0.341. The Bertz CT molecular complexity index is 1000. The molecule has 2 aromatic rings. The van der Waals surface area contributed by atoms with E-state index in [0.29, 0.717) is 0 Å². The topological polar surface area (TPSA) is 125 Å². The molecule has 0 amide bonds. The number of anilines is 1. The maximum atomic E-state index is 13.0. The van der Waals surface area contributed by atoms with Crippen molar-refractivity contribution < 1.29 is 28.8 Å². The Labute approximate surface area is 165 Å². The molecule has 1 fully saturated rings. The number of ketones is 1. The van der Waals surface area contributed by atoms with Crippen molar-refractivity contribution in [1.29, 1.82) is 0 Å². The minimum absolute atomic E-state index is 0.0171. The molecule has 0 aliphatic carbocycles. The highest BCUT2D eigenvalue weighted by Crippen LogP contribution is 2.27. The van der Waals surface area contributed by atoms with Crippen molar-refractivity contribution in [1.82, 2.24) is 0 Å². The molecule has 0 unspecified atom stereocenters. The zero-order valence-electron chi connectivity index (χ0n) is 15.7. The SMILES string of the molecule is CNc1ccc(C(=O)c2ccccc2C(=O)O[C@H]2C[C@H](C)OC2=O)cc1[N+](=O)[O-]. The molecule has 1 saturated heterocycles. The van der Waals surface area contributed by atoms with Crippen LogP contribution in [0.4, 0.5) is 11.4 Å². The Balaban J connectivity index is 1.91. The van der Waals surface area contributed by atoms with Crippen molar-refractivity contribution in [3.8, 4) is 0 Å². The molecule has 9 heteroatoms. The standard InChI is InChI=1S/C20H18N2O7/c1-11-9-17(20(25)28-11)29-19(24)14-6-4-3-5-13(14)18(23)12-7-8-15(21-2)16(10-12)22(26)27/h3-8,10-11,17,21H,9H2,1-2H3/t11-,17-/m0/s1. The molecular weight excluding hydrogens is 380 g/mol. The van der Waals surface area contributed by atoms with E-state index in [2.05, 4.69) is 5.32 Å². The van der Waals surface area contributed by atoms with Gasteiger partial charge in [0.05, 0.1) is 10.5 Å². The summed E-state index contributed by atoms with van der Waals surface area (Å²) in [6.45, 7) is 1.69. The van der Waals surface area contributed by atoms with Crippen LogP contribution in [0.15, 0.2) is 42.5 Å². The van der Waals surface area contributed by atoms with Crippen LogP contribution in [0.5, 0.6) is 0 Å². The van der Waals surface area contributed by atoms with Crippen LogP contribution in [0.2, 0.25) is 0 Å². The van der Waals surface area contributed by atoms with Gasteiger partial charge in [-0.3, -0.25) is 14.9 Å². The van der Waals surface area contributed by atoms with E-state index in [1.807, 2.05) is 0 Å². The van der Waals surface area contributed by atoms with Gasteiger partial charge in [-0.2, -0.15) is 0 Å². The number of nitro benzene ring substituents is 1. The van der Waals surface area contributed by atoms with Crippen molar-refractivity contribution >= 4 is 29.1 Å². The predicted octanol–water partition coefficient (Wildman–Crippen LogP) is 2.73. The first-order valence-corrected chi connectivity index (χ1v) is 8.83. The zero-order chi connectivity index (χ0) is 21.1. The van der Waals surface area contributed by atoms with Crippen LogP contribution in [0.25, 0.3) is 0 Å². The Hall–Kier alpha value is -3.75. The number of carbonyl (C=O) groups is 3. The molecule has 2 aromatic carbocycles. The third kappa shape index (κ3) is 4.08. The fraction of sp³-hybridized carbons (Fsp3) is 0.250. The number of carbonyl (C=O) groups excluding carboxylic acids is 3. The minimum Gasteiger partial charge on any atom is -0.460 e. The third-order valence-corrected chi connectivity index (χ3v) is 4.49. The lowest BCUT2D eigenvalue weighted by atomic mass is 9.97. The Morgan fingerprint density at radius 3 is 2.48 bits per heavy atom. The van der Waals surface area contributed by atoms with Crippen LogP contribution in [0.1, 0.15) is 39.6 Å². The molecule has 0 aromatic heterocycles. The van der Waals surface area contributed by atoms with Gasteiger partial charge in [0, 0.05) is 30.7 Å². The number of nitro groups is 1. The maximum absolute atomic E-state index is 13.0. The number of nitrogens with zero attached hydrogens (tertiary/aromatic N) is 1. The van der Waals surface area contributed by atoms with Crippen LogP contribution in [0, 0.1) is 10.1 Å². The van der Waals surface area contributed by atoms with E-state index in [4.69, 9.17) is 9.47 Å². The summed E-state index contributed by atoms with van der Waals surface area (Å²) in [4.78, 5) is 47.9. The van der Waals surface area contributed by atoms with Gasteiger partial charge in [0.2, 0.25) is 6.10 Å². The van der Waals surface area contributed by atoms with Gasteiger partial charge in [0.25, 0.3) is 5.69 Å². The van der Waals surface area contributed by atoms with Gasteiger partial charge in [-0.25, -0.2) is 9.59 Å². The molecule has 3 rings (SSSR count). The predicted molar refractivity (Wildman–Crippen MR) is 102 cm³/mol. The summed E-state index contributed by atoms with van der Waals surface area (Å²) in [5.41, 5.74) is 0.0210. The summed E-state index contributed by atoms with van der Waals surface area (Å²) in [6.07, 6.45) is -1.15. The van der Waals surface area contributed by atoms with Crippen molar-refractivity contribution in [2.45, 2.75) is 25.6 Å². The normalized spacial score (nSPS) is 18.1. The van der Waals surface area contributed by atoms with Crippen LogP contribution in [-0.2, 0) is 14.3 Å². The van der Waals surface area contributed by atoms with Gasteiger partial charge < -0.3 is 14.8 Å². The first-order chi connectivity index (χ1) is 13.8. The minimum atomic E-state index is -1.03. The number of cyclic esters (lactones) is 1. The van der Waals surface area contributed by atoms with Gasteiger partial charge in [-0.05, 0) is 25.1 Å². The van der Waals surface area contributed by atoms with Crippen LogP contribution in [0.3, 0.4) is 0 Å². The Kier molecular flexibility index (Phi) is 5.58. The van der Waals surface area contributed by atoms with Crippen molar-refractivity contribution in [3.05, 3.63) is 69.3 Å². The van der Waals surface area contributed by atoms with Crippen LogP contribution in [-0.4, -0.2) is 41.9 Å². The lowest BCUT2D eigenvalue weighted by Crippen LogP contribution is -2.24. The summed E-state index contributed by atoms with van der Waals surface area (Å²) >= 11 is 0. The van der Waals surface area contributed by atoms with Crippen molar-refractivity contribution in [2.75, 3.05) is 12.4 Å². The molecule has 1 N–H and O–H groups in total. The fourth-order valence-corrected chi connectivity index (χ4v) is 3.06. The largest absolute Gasteiger partial charge is 0.460 e. The number of ether oxygens (including phenoxy) is 2. The highest BCUT2D eigenvalue weighted by atomic mass is 16.6. The molecule has 1 aliphatic heterocycles. The second-order valence-corrected chi connectivity index (χ2v) is 6.49. The first kappa shape index (κ1) is 20.0. The number of rotatable bonds is 6. The highest BCUT2D eigenvalue weighted by molar-refractivity contribution is 6.15. The molecule has 0 saturated carbocycles. The fourth-order valence-electron chi connectivity index (χ4n) is 3.06. The molecule has 0 spiro atoms. The smallest absolute Gasteiger partial charge is 0.347 e. The molecule has 150 valence electrons. The Morgan fingerprint density at radius 1 is 1.21 bits per heavy atom. The van der Waals surface area contributed by atoms with Crippen LogP contribution >= 0.6 is 0 Å². The second-order valence-electron chi connectivity index (χ2n) is 6.49. The summed E-state index contributed by atoms with van der Waals surface area (Å²) < 4.78 is 10.2. The summed E-state index contributed by atoms with van der Waals surface area (Å²) in [5.74, 6) is -2.05. The summed E-state index contributed by atoms with van der Waals surface area (Å²) in [6, 6.07) is 9.93. The van der Waals surface area contributed by atoms with Crippen molar-refractivity contribution in [2.24, 2.45) is 0 Å². The van der Waals surface area contributed by atoms with Gasteiger partial charge in [0.15, 0.2) is 5.78 Å². The maximum Gasteiger partial charge on any atom is 0.347 e. The average Bonchev–Trinajstić information content (AvgIpc) is 3.03. The number of nitrogens with one attached hydrogen (secondary N) is 1. The summed E-state index contributed by atoms with van der Waals surface area (Å²) in [7, 11) is 1.53. The van der Waals surface area contributed by atoms with E-state index >= 15 is 0 Å². The van der Waals surface area contributed by atoms with E-state index in [-0.39, 0.29) is 40.6 Å². The lowest BCUT2D eigenvalue weighted by Gasteiger charge is -2.12. The molecule has 29 heavy (non-hydrogen) atoms. The molecule has 9 nitrogen and oxygen atoms in total. The zero-order valence-corrected chi connectivity index (χ0v) is 15.7. The van der Waals surface area contributed by atoms with Gasteiger partial charge >= 0.3 is 11.9 Å². The monoisotopic (exact) mass is 398 g/mol. The third-order valence-electron chi connectivity index (χ3n) is 4.49. The molecule has 1 aliphatic rings. The lowest BCUT2D eigenvalue weighted by molar-refractivity contribution is -0.384. The number of hydrogen-bond acceptors (Lipinski definition) is 8. The molecular formula is C20H18N2O7. The van der Waals surface area contributed by atoms with Crippen LogP contribution < -0.4 is 5.32 Å². The summed E-state index contributed by atoms with van der Waals surface area (Å²) in [5, 5.41) is 13.9. The van der Waals surface area contributed by atoms with Gasteiger partial charge in [0.1, 0.15) is 11.8 Å². The van der Waals surface area contributed by atoms with E-state index < -0.39 is 28.7 Å². The molecule has 1 heterocycles. The van der Waals surface area contributed by atoms with Gasteiger partial charge in [-0.15, -0.1) is 0 Å². The second kappa shape index (κ2) is 8.09. The molecule has 0 bridgehead atoms. The van der Waals surface area contributed by atoms with E-state index in [1.165, 1.54) is 31.3 Å². The Morgan fingerprint density at radius 2 is 1.90 bits per heavy atom. The highest BCUT2D eigenvalue weighted by Gasteiger charge is 2.36. The number of benzene rings is 2. The number of hydrogen-bond donors (Lipinski definition) is 1. The van der Waals surface area contributed by atoms with Crippen molar-refractivity contribution in [3.63, 3.8) is 0 Å². The molecule has 0 radical (unpaired) electrons. The first-order valence-electron chi connectivity index (χ1n) is 8.83. The van der Waals surface area contributed by atoms with Gasteiger partial charge in [-0.1, -0.05) is 18.2 Å². The van der Waals surface area contributed by atoms with E-state index in [9.17, 15) is 24.5 Å². The van der Waals surface area contributed by atoms with E-state index in [0.717, 1.165) is 6.07 Å². The van der Waals surface area contributed by atoms with E-state index in [1.54, 1.807) is 19.1 Å².